The molecule has 0 aliphatic rings. The van der Waals surface area contributed by atoms with E-state index in [0.29, 0.717) is 0 Å². The molecule has 0 unspecified atom stereocenters. The van der Waals surface area contributed by atoms with Gasteiger partial charge in [0.05, 0.1) is 18.4 Å². The van der Waals surface area contributed by atoms with Crippen LogP contribution in [0.15, 0.2) is 33.9 Å². The number of benzene rings is 1. The average Bonchev–Trinajstić information content (AvgIpc) is 2.62. The van der Waals surface area contributed by atoms with Crippen LogP contribution in [0.25, 0.3) is 0 Å². The molecule has 0 aliphatic heterocycles. The molecule has 0 radical (unpaired) electrons. The number of amides is 1. The SMILES string of the molecule is COC(=O)c1ccccc1NC(=O)COC(=O)c1[nH]c(=O)[nH]c(=O)c1N. The standard InChI is InChI=1S/C15H14N4O7/c1-25-13(22)7-4-2-3-5-8(7)17-9(20)6-26-14(23)11-10(16)12(21)19-15(24)18-11/h2-5H,6,16H2,1H3,(H,17,20)(H2,18,19,21,24). The van der Waals surface area contributed by atoms with Gasteiger partial charge < -0.3 is 20.5 Å². The number of hydrogen-bond acceptors (Lipinski definition) is 8. The van der Waals surface area contributed by atoms with Crippen LogP contribution in [0.2, 0.25) is 0 Å². The first-order valence-electron chi connectivity index (χ1n) is 7.10. The van der Waals surface area contributed by atoms with Crippen LogP contribution in [0.1, 0.15) is 20.8 Å². The van der Waals surface area contributed by atoms with Gasteiger partial charge in [-0.05, 0) is 12.1 Å². The molecule has 26 heavy (non-hydrogen) atoms. The van der Waals surface area contributed by atoms with Crippen LogP contribution < -0.4 is 22.3 Å². The normalized spacial score (nSPS) is 10.0. The van der Waals surface area contributed by atoms with Gasteiger partial charge in [-0.3, -0.25) is 19.6 Å². The zero-order chi connectivity index (χ0) is 19.3. The summed E-state index contributed by atoms with van der Waals surface area (Å²) in [6.45, 7) is -0.747. The van der Waals surface area contributed by atoms with E-state index in [1.54, 1.807) is 12.1 Å². The molecular formula is C15H14N4O7. The average molecular weight is 362 g/mol. The molecule has 2 rings (SSSR count). The summed E-state index contributed by atoms with van der Waals surface area (Å²) in [6, 6.07) is 6.05. The van der Waals surface area contributed by atoms with E-state index in [9.17, 15) is 24.0 Å². The van der Waals surface area contributed by atoms with Gasteiger partial charge in [0.2, 0.25) is 0 Å². The maximum absolute atomic E-state index is 11.9. The fraction of sp³-hybridized carbons (Fsp3) is 0.133. The number of nitrogens with two attached hydrogens (primary N) is 1. The summed E-state index contributed by atoms with van der Waals surface area (Å²) in [5, 5.41) is 2.38. The summed E-state index contributed by atoms with van der Waals surface area (Å²) in [6.07, 6.45) is 0. The van der Waals surface area contributed by atoms with E-state index in [1.165, 1.54) is 19.2 Å². The van der Waals surface area contributed by atoms with Gasteiger partial charge in [0.25, 0.3) is 11.5 Å². The number of aromatic amines is 2. The van der Waals surface area contributed by atoms with Crippen molar-refractivity contribution in [2.75, 3.05) is 24.8 Å². The van der Waals surface area contributed by atoms with E-state index < -0.39 is 47.1 Å². The van der Waals surface area contributed by atoms with Crippen LogP contribution in [-0.4, -0.2) is 41.5 Å². The third kappa shape index (κ3) is 4.14. The van der Waals surface area contributed by atoms with Crippen molar-refractivity contribution in [2.45, 2.75) is 0 Å². The fourth-order valence-corrected chi connectivity index (χ4v) is 1.93. The molecule has 11 heteroatoms. The van der Waals surface area contributed by atoms with Gasteiger partial charge >= 0.3 is 17.6 Å². The van der Waals surface area contributed by atoms with E-state index >= 15 is 0 Å². The quantitative estimate of drug-likeness (QED) is 0.501. The lowest BCUT2D eigenvalue weighted by Crippen LogP contribution is -2.30. The van der Waals surface area contributed by atoms with Crippen LogP contribution in [-0.2, 0) is 14.3 Å². The summed E-state index contributed by atoms with van der Waals surface area (Å²) in [5.41, 5.74) is 2.62. The van der Waals surface area contributed by atoms with E-state index in [2.05, 4.69) is 10.1 Å². The Balaban J connectivity index is 2.06. The molecule has 0 aliphatic carbocycles. The Kier molecular flexibility index (Phi) is 5.53. The van der Waals surface area contributed by atoms with Gasteiger partial charge in [-0.15, -0.1) is 0 Å². The molecule has 0 saturated heterocycles. The van der Waals surface area contributed by atoms with Crippen molar-refractivity contribution in [1.29, 1.82) is 0 Å². The first-order chi connectivity index (χ1) is 12.3. The minimum atomic E-state index is -1.16. The van der Waals surface area contributed by atoms with Gasteiger partial charge in [0.1, 0.15) is 5.69 Å². The number of rotatable bonds is 5. The van der Waals surface area contributed by atoms with Crippen LogP contribution in [0.4, 0.5) is 11.4 Å². The van der Waals surface area contributed by atoms with E-state index in [4.69, 9.17) is 10.5 Å². The Morgan fingerprint density at radius 1 is 1.12 bits per heavy atom. The highest BCUT2D eigenvalue weighted by Gasteiger charge is 2.18. The van der Waals surface area contributed by atoms with Crippen LogP contribution in [0.3, 0.4) is 0 Å². The molecule has 0 atom stereocenters. The largest absolute Gasteiger partial charge is 0.465 e. The molecule has 136 valence electrons. The molecular weight excluding hydrogens is 348 g/mol. The highest BCUT2D eigenvalue weighted by molar-refractivity contribution is 6.02. The number of methoxy groups -OCH3 is 1. The van der Waals surface area contributed by atoms with Crippen molar-refractivity contribution in [3.05, 3.63) is 56.4 Å². The summed E-state index contributed by atoms with van der Waals surface area (Å²) < 4.78 is 9.30. The summed E-state index contributed by atoms with van der Waals surface area (Å²) in [5.74, 6) is -2.59. The molecule has 1 aromatic heterocycles. The van der Waals surface area contributed by atoms with Gasteiger partial charge in [-0.1, -0.05) is 12.1 Å². The molecule has 1 heterocycles. The van der Waals surface area contributed by atoms with E-state index in [1.807, 2.05) is 9.97 Å². The minimum Gasteiger partial charge on any atom is -0.465 e. The number of carbonyl (C=O) groups is 3. The Labute approximate surface area is 145 Å². The number of anilines is 2. The van der Waals surface area contributed by atoms with Crippen molar-refractivity contribution in [3.63, 3.8) is 0 Å². The first kappa shape index (κ1) is 18.4. The molecule has 2 aromatic rings. The molecule has 0 fully saturated rings. The Morgan fingerprint density at radius 2 is 1.81 bits per heavy atom. The zero-order valence-corrected chi connectivity index (χ0v) is 13.5. The lowest BCUT2D eigenvalue weighted by Gasteiger charge is -2.10. The van der Waals surface area contributed by atoms with Crippen molar-refractivity contribution in [2.24, 2.45) is 0 Å². The topological polar surface area (TPSA) is 173 Å². The van der Waals surface area contributed by atoms with Gasteiger partial charge in [0, 0.05) is 0 Å². The zero-order valence-electron chi connectivity index (χ0n) is 13.5. The third-order valence-corrected chi connectivity index (χ3v) is 3.12. The highest BCUT2D eigenvalue weighted by atomic mass is 16.5. The number of H-pyrrole nitrogens is 2. The van der Waals surface area contributed by atoms with Crippen LogP contribution in [0.5, 0.6) is 0 Å². The lowest BCUT2D eigenvalue weighted by molar-refractivity contribution is -0.119. The highest BCUT2D eigenvalue weighted by Crippen LogP contribution is 2.15. The number of carbonyl (C=O) groups excluding carboxylic acids is 3. The second-order valence-electron chi connectivity index (χ2n) is 4.86. The molecule has 1 aromatic carbocycles. The number of esters is 2. The van der Waals surface area contributed by atoms with Crippen molar-refractivity contribution in [3.8, 4) is 0 Å². The van der Waals surface area contributed by atoms with E-state index in [-0.39, 0.29) is 11.3 Å². The third-order valence-electron chi connectivity index (χ3n) is 3.12. The second kappa shape index (κ2) is 7.79. The van der Waals surface area contributed by atoms with Crippen molar-refractivity contribution < 1.29 is 23.9 Å². The van der Waals surface area contributed by atoms with Gasteiger partial charge in [0.15, 0.2) is 12.3 Å². The van der Waals surface area contributed by atoms with Gasteiger partial charge in [-0.2, -0.15) is 0 Å². The van der Waals surface area contributed by atoms with Crippen molar-refractivity contribution >= 4 is 29.2 Å². The summed E-state index contributed by atoms with van der Waals surface area (Å²) in [7, 11) is 1.19. The van der Waals surface area contributed by atoms with E-state index in [0.717, 1.165) is 0 Å². The van der Waals surface area contributed by atoms with Gasteiger partial charge in [-0.25, -0.2) is 14.4 Å². The predicted octanol–water partition coefficient (Wildman–Crippen LogP) is -0.772. The number of hydrogen-bond donors (Lipinski definition) is 4. The number of ether oxygens (including phenoxy) is 2. The smallest absolute Gasteiger partial charge is 0.357 e. The molecule has 11 nitrogen and oxygen atoms in total. The maximum Gasteiger partial charge on any atom is 0.357 e. The minimum absolute atomic E-state index is 0.109. The molecule has 0 saturated carbocycles. The lowest BCUT2D eigenvalue weighted by atomic mass is 10.2. The number of nitrogen functional groups attached to an aromatic ring is 1. The predicted molar refractivity (Wildman–Crippen MR) is 88.8 cm³/mol. The monoisotopic (exact) mass is 362 g/mol. The van der Waals surface area contributed by atoms with Crippen LogP contribution >= 0.6 is 0 Å². The second-order valence-corrected chi connectivity index (χ2v) is 4.86. The number of para-hydroxylation sites is 1. The molecule has 0 spiro atoms. The molecule has 0 bridgehead atoms. The Morgan fingerprint density at radius 3 is 2.50 bits per heavy atom. The van der Waals surface area contributed by atoms with Crippen molar-refractivity contribution in [1.82, 2.24) is 9.97 Å². The summed E-state index contributed by atoms with van der Waals surface area (Å²) in [4.78, 5) is 61.8. The number of nitrogens with one attached hydrogen (secondary N) is 3. The summed E-state index contributed by atoms with van der Waals surface area (Å²) >= 11 is 0. The van der Waals surface area contributed by atoms with Crippen LogP contribution in [0, 0.1) is 0 Å². The Bertz CT molecular complexity index is 976. The number of aromatic nitrogens is 2. The maximum atomic E-state index is 11.9. The molecule has 1 amide bonds. The first-order valence-corrected chi connectivity index (χ1v) is 7.10. The Hall–Kier alpha value is -3.89. The molecule has 5 N–H and O–H groups in total. The fourth-order valence-electron chi connectivity index (χ4n) is 1.93.